The molecule has 168 valence electrons. The van der Waals surface area contributed by atoms with Crippen LogP contribution in [0.3, 0.4) is 0 Å². The zero-order valence-electron chi connectivity index (χ0n) is 17.1. The van der Waals surface area contributed by atoms with Crippen molar-refractivity contribution in [3.63, 3.8) is 0 Å². The van der Waals surface area contributed by atoms with E-state index in [9.17, 15) is 19.5 Å². The molecule has 12 nitrogen and oxygen atoms in total. The highest BCUT2D eigenvalue weighted by Gasteiger charge is 2.54. The summed E-state index contributed by atoms with van der Waals surface area (Å²) >= 11 is 2.53. The van der Waals surface area contributed by atoms with Gasteiger partial charge in [0.1, 0.15) is 36.5 Å². The average molecular weight is 479 g/mol. The molecular weight excluding hydrogens is 458 g/mol. The molecule has 2 amide bonds. The smallest absolute Gasteiger partial charge is 0.352 e. The van der Waals surface area contributed by atoms with Gasteiger partial charge in [-0.05, 0) is 5.57 Å². The Morgan fingerprint density at radius 3 is 2.88 bits per heavy atom. The van der Waals surface area contributed by atoms with Gasteiger partial charge in [0.2, 0.25) is 0 Å². The van der Waals surface area contributed by atoms with Gasteiger partial charge in [-0.25, -0.2) is 9.78 Å². The number of thioether (sulfide) groups is 1. The fraction of sp³-hybridized carbons (Fsp3) is 0.333. The van der Waals surface area contributed by atoms with Crippen molar-refractivity contribution in [1.82, 2.24) is 19.9 Å². The van der Waals surface area contributed by atoms with E-state index in [1.807, 2.05) is 34.9 Å². The van der Waals surface area contributed by atoms with Crippen LogP contribution in [0, 0.1) is 0 Å². The van der Waals surface area contributed by atoms with Crippen LogP contribution in [0.15, 0.2) is 40.3 Å². The molecule has 1 saturated heterocycles. The first-order valence-corrected chi connectivity index (χ1v) is 11.3. The van der Waals surface area contributed by atoms with Crippen LogP contribution in [0.5, 0.6) is 0 Å². The van der Waals surface area contributed by atoms with E-state index < -0.39 is 29.2 Å². The Hall–Kier alpha value is -3.39. The van der Waals surface area contributed by atoms with Gasteiger partial charge in [-0.3, -0.25) is 14.5 Å². The summed E-state index contributed by atoms with van der Waals surface area (Å²) in [6, 6.07) is 0.944. The van der Waals surface area contributed by atoms with Gasteiger partial charge < -0.3 is 21.0 Å². The van der Waals surface area contributed by atoms with Gasteiger partial charge in [0.15, 0.2) is 24.1 Å². The van der Waals surface area contributed by atoms with E-state index >= 15 is 0 Å². The topological polar surface area (TPSA) is 156 Å². The van der Waals surface area contributed by atoms with Crippen molar-refractivity contribution in [2.75, 3.05) is 18.6 Å². The average Bonchev–Trinajstić information content (AvgIpc) is 3.37. The van der Waals surface area contributed by atoms with Crippen LogP contribution in [0.4, 0.5) is 5.13 Å². The highest BCUT2D eigenvalue weighted by molar-refractivity contribution is 8.00. The number of hydrogen-bond donors (Lipinski definition) is 3. The number of carboxylic acid groups (broad SMARTS) is 1. The second kappa shape index (κ2) is 8.63. The monoisotopic (exact) mass is 478 g/mol. The van der Waals surface area contributed by atoms with Crippen LogP contribution in [0.2, 0.25) is 0 Å². The molecule has 32 heavy (non-hydrogen) atoms. The molecule has 2 aliphatic rings. The van der Waals surface area contributed by atoms with E-state index in [1.165, 1.54) is 23.8 Å². The normalized spacial score (nSPS) is 20.6. The predicted octanol–water partition coefficient (Wildman–Crippen LogP) is -0.859. The zero-order valence-corrected chi connectivity index (χ0v) is 18.7. The highest BCUT2D eigenvalue weighted by atomic mass is 32.2. The first-order chi connectivity index (χ1) is 15.3. The minimum absolute atomic E-state index is 0.0454. The Morgan fingerprint density at radius 2 is 2.28 bits per heavy atom. The summed E-state index contributed by atoms with van der Waals surface area (Å²) in [5, 5.41) is 17.4. The number of carboxylic acids is 1. The first-order valence-electron chi connectivity index (χ1n) is 9.36. The number of thiazole rings is 1. The quantitative estimate of drug-likeness (QED) is 0.201. The molecule has 0 aromatic carbocycles. The summed E-state index contributed by atoms with van der Waals surface area (Å²) in [4.78, 5) is 47.6. The fourth-order valence-corrected chi connectivity index (χ4v) is 5.40. The Kier molecular flexibility index (Phi) is 5.88. The van der Waals surface area contributed by atoms with E-state index in [1.54, 1.807) is 5.38 Å². The molecule has 2 atom stereocenters. The second-order valence-corrected chi connectivity index (χ2v) is 8.97. The number of nitrogens with zero attached hydrogens (tertiary/aromatic N) is 5. The standard InChI is InChI=1S/C18H19N7O5S2/c1-23-4-3-5-24(23)6-9-7-31-16-12(15(27)25(16)13(9)17(28)29)21-14(26)11(22-30-2)10-8-32-18(19)20-10/h3-5,8,12,16H,6-7H2,1-2H3,(H3-,19,20,21,26,28,29)/p+1/b22-11-/t12-,16-/m1/s1. The maximum atomic E-state index is 12.9. The van der Waals surface area contributed by atoms with E-state index in [0.717, 1.165) is 11.3 Å². The molecule has 0 spiro atoms. The summed E-state index contributed by atoms with van der Waals surface area (Å²) < 4.78 is 3.67. The minimum atomic E-state index is -1.18. The maximum absolute atomic E-state index is 12.9. The van der Waals surface area contributed by atoms with Gasteiger partial charge in [0, 0.05) is 17.2 Å². The molecule has 0 unspecified atom stereocenters. The van der Waals surface area contributed by atoms with Crippen LogP contribution in [0.25, 0.3) is 0 Å². The lowest BCUT2D eigenvalue weighted by Crippen LogP contribution is -2.71. The van der Waals surface area contributed by atoms with E-state index in [2.05, 4.69) is 15.5 Å². The Morgan fingerprint density at radius 1 is 1.50 bits per heavy atom. The van der Waals surface area contributed by atoms with Gasteiger partial charge in [-0.1, -0.05) is 5.16 Å². The summed E-state index contributed by atoms with van der Waals surface area (Å²) in [7, 11) is 3.13. The van der Waals surface area contributed by atoms with Gasteiger partial charge >= 0.3 is 5.97 Å². The van der Waals surface area contributed by atoms with Gasteiger partial charge in [-0.15, -0.1) is 27.8 Å². The van der Waals surface area contributed by atoms with Crippen molar-refractivity contribution in [3.8, 4) is 0 Å². The molecule has 2 aromatic rings. The molecule has 1 fully saturated rings. The largest absolute Gasteiger partial charge is 0.477 e. The number of anilines is 1. The van der Waals surface area contributed by atoms with E-state index in [0.29, 0.717) is 17.9 Å². The number of rotatable bonds is 7. The fourth-order valence-electron chi connectivity index (χ4n) is 3.52. The third-order valence-corrected chi connectivity index (χ3v) is 7.03. The number of carbonyl (C=O) groups is 3. The SMILES string of the molecule is CO/N=C(\C(=O)N[C@@H]1C(=O)N2C(C(=O)O)=C(Cn3ccc[n+]3C)CS[C@H]12)c1csc(N)n1. The van der Waals surface area contributed by atoms with Gasteiger partial charge in [0.25, 0.3) is 11.8 Å². The third kappa shape index (κ3) is 3.82. The molecule has 2 aliphatic heterocycles. The van der Waals surface area contributed by atoms with Crippen LogP contribution < -0.4 is 15.7 Å². The second-order valence-electron chi connectivity index (χ2n) is 6.97. The Balaban J connectivity index is 1.54. The molecule has 2 aromatic heterocycles. The molecule has 4 heterocycles. The Labute approximate surface area is 190 Å². The van der Waals surface area contributed by atoms with Crippen molar-refractivity contribution < 1.29 is 29.0 Å². The summed E-state index contributed by atoms with van der Waals surface area (Å²) in [6.07, 6.45) is 3.67. The van der Waals surface area contributed by atoms with E-state index in [4.69, 9.17) is 10.6 Å². The van der Waals surface area contributed by atoms with Crippen molar-refractivity contribution in [2.45, 2.75) is 18.0 Å². The predicted molar refractivity (Wildman–Crippen MR) is 115 cm³/mol. The van der Waals surface area contributed by atoms with Crippen LogP contribution in [-0.4, -0.2) is 67.4 Å². The zero-order chi connectivity index (χ0) is 23.0. The number of oxime groups is 1. The molecule has 0 aliphatic carbocycles. The minimum Gasteiger partial charge on any atom is -0.477 e. The van der Waals surface area contributed by atoms with Crippen molar-refractivity contribution >= 4 is 51.7 Å². The number of carbonyl (C=O) groups excluding carboxylic acids is 2. The van der Waals surface area contributed by atoms with E-state index in [-0.39, 0.29) is 22.2 Å². The number of aromatic nitrogens is 3. The molecule has 0 bridgehead atoms. The number of aryl methyl sites for hydroxylation is 1. The molecule has 0 saturated carbocycles. The van der Waals surface area contributed by atoms with Crippen LogP contribution >= 0.6 is 23.1 Å². The lowest BCUT2D eigenvalue weighted by molar-refractivity contribution is -0.752. The number of nitrogens with two attached hydrogens (primary N) is 1. The lowest BCUT2D eigenvalue weighted by Gasteiger charge is -2.49. The molecule has 4 rings (SSSR count). The molecular formula is C18H20N7O5S2+. The summed E-state index contributed by atoms with van der Waals surface area (Å²) in [5.41, 5.74) is 6.29. The first kappa shape index (κ1) is 21.8. The molecule has 4 N–H and O–H groups in total. The van der Waals surface area contributed by atoms with Gasteiger partial charge in [-0.2, -0.15) is 4.68 Å². The van der Waals surface area contributed by atoms with Crippen molar-refractivity contribution in [1.29, 1.82) is 0 Å². The number of aliphatic carboxylic acids is 1. The number of nitrogen functional groups attached to an aromatic ring is 1. The molecule has 0 radical (unpaired) electrons. The summed E-state index contributed by atoms with van der Waals surface area (Å²) in [5.74, 6) is -1.95. The highest BCUT2D eigenvalue weighted by Crippen LogP contribution is 2.40. The molecule has 14 heteroatoms. The summed E-state index contributed by atoms with van der Waals surface area (Å²) in [6.45, 7) is 0.335. The van der Waals surface area contributed by atoms with Crippen LogP contribution in [-0.2, 0) is 32.8 Å². The number of β-lactam (4-membered cyclic amide) rings is 1. The third-order valence-electron chi connectivity index (χ3n) is 5.02. The van der Waals surface area contributed by atoms with Gasteiger partial charge in [0.05, 0.1) is 6.20 Å². The van der Waals surface area contributed by atoms with Crippen molar-refractivity contribution in [3.05, 3.63) is 40.8 Å². The number of fused-ring (bicyclic) bond motifs is 1. The maximum Gasteiger partial charge on any atom is 0.352 e. The van der Waals surface area contributed by atoms with Crippen LogP contribution in [0.1, 0.15) is 5.69 Å². The number of amides is 2. The lowest BCUT2D eigenvalue weighted by atomic mass is 10.0. The number of nitrogens with one attached hydrogen (secondary N) is 1. The Bertz CT molecular complexity index is 1150. The van der Waals surface area contributed by atoms with Crippen molar-refractivity contribution in [2.24, 2.45) is 12.2 Å². The number of hydrogen-bond acceptors (Lipinski definition) is 9.